The van der Waals surface area contributed by atoms with Gasteiger partial charge in [-0.15, -0.1) is 0 Å². The van der Waals surface area contributed by atoms with E-state index in [1.165, 1.54) is 0 Å². The number of hydrogen-bond acceptors (Lipinski definition) is 4. The molecule has 0 saturated carbocycles. The molecule has 0 spiro atoms. The number of hydrogen-bond donors (Lipinski definition) is 0. The van der Waals surface area contributed by atoms with Crippen LogP contribution >= 0.6 is 0 Å². The van der Waals surface area contributed by atoms with Crippen molar-refractivity contribution >= 4 is 11.9 Å². The molecule has 0 aliphatic rings. The Labute approximate surface area is 186 Å². The van der Waals surface area contributed by atoms with E-state index < -0.39 is 0 Å². The van der Waals surface area contributed by atoms with Crippen LogP contribution in [0.3, 0.4) is 0 Å². The third-order valence-electron chi connectivity index (χ3n) is 4.06. The zero-order valence-electron chi connectivity index (χ0n) is 19.7. The first-order valence-electron chi connectivity index (χ1n) is 10.5. The van der Waals surface area contributed by atoms with Crippen LogP contribution in [0.1, 0.15) is 63.0 Å². The summed E-state index contributed by atoms with van der Waals surface area (Å²) in [6.45, 7) is 18.1. The van der Waals surface area contributed by atoms with Crippen molar-refractivity contribution in [2.45, 2.75) is 59.7 Å². The molecule has 166 valence electrons. The summed E-state index contributed by atoms with van der Waals surface area (Å²) in [6.07, 6.45) is 5.03. The lowest BCUT2D eigenvalue weighted by Crippen LogP contribution is -2.25. The van der Waals surface area contributed by atoms with Crippen LogP contribution in [0.2, 0.25) is 0 Å². The van der Waals surface area contributed by atoms with Crippen LogP contribution in [0.15, 0.2) is 55.1 Å². The summed E-state index contributed by atoms with van der Waals surface area (Å²) in [5.74, 6) is 2.05. The maximum Gasteiger partial charge on any atom is 0.185 e. The molecule has 0 aliphatic heterocycles. The molecule has 0 atom stereocenters. The Balaban J connectivity index is 2.30. The number of rotatable bonds is 8. The molecule has 0 bridgehead atoms. The third-order valence-corrected chi connectivity index (χ3v) is 4.06. The summed E-state index contributed by atoms with van der Waals surface area (Å²) in [7, 11) is 0. The van der Waals surface area contributed by atoms with E-state index in [1.807, 2.05) is 60.6 Å². The molecule has 0 N–H and O–H groups in total. The summed E-state index contributed by atoms with van der Waals surface area (Å²) in [4.78, 5) is 12.7. The highest BCUT2D eigenvalue weighted by molar-refractivity contribution is 6.07. The largest absolute Gasteiger partial charge is 0.490 e. The molecule has 0 aromatic heterocycles. The van der Waals surface area contributed by atoms with E-state index in [9.17, 15) is 4.79 Å². The molecule has 0 heterocycles. The molecule has 0 fully saturated rings. The molecule has 0 saturated heterocycles. The van der Waals surface area contributed by atoms with Crippen molar-refractivity contribution in [3.63, 3.8) is 0 Å². The fraction of sp³-hybridized carbons (Fsp3) is 0.370. The van der Waals surface area contributed by atoms with Crippen molar-refractivity contribution in [2.24, 2.45) is 0 Å². The molecule has 0 aliphatic carbocycles. The minimum Gasteiger partial charge on any atom is -0.490 e. The van der Waals surface area contributed by atoms with Gasteiger partial charge in [0.2, 0.25) is 0 Å². The van der Waals surface area contributed by atoms with Crippen LogP contribution in [0.5, 0.6) is 17.2 Å². The second-order valence-corrected chi connectivity index (χ2v) is 9.41. The van der Waals surface area contributed by atoms with Crippen molar-refractivity contribution in [3.05, 3.63) is 71.8 Å². The van der Waals surface area contributed by atoms with Crippen LogP contribution in [0.4, 0.5) is 0 Å². The van der Waals surface area contributed by atoms with Crippen LogP contribution in [0, 0.1) is 6.92 Å². The van der Waals surface area contributed by atoms with Crippen LogP contribution < -0.4 is 14.2 Å². The van der Waals surface area contributed by atoms with Gasteiger partial charge in [0.25, 0.3) is 0 Å². The number of aryl methyl sites for hydroxylation is 1. The number of carbonyl (C=O) groups excluding carboxylic acids is 1. The molecule has 4 nitrogen and oxygen atoms in total. The Bertz CT molecular complexity index is 939. The van der Waals surface area contributed by atoms with Gasteiger partial charge in [-0.25, -0.2) is 0 Å². The van der Waals surface area contributed by atoms with E-state index in [1.54, 1.807) is 42.5 Å². The second kappa shape index (κ2) is 9.86. The highest BCUT2D eigenvalue weighted by Gasteiger charge is 2.19. The Morgan fingerprint density at radius 3 is 2.06 bits per heavy atom. The first kappa shape index (κ1) is 24.3. The number of ketones is 1. The highest BCUT2D eigenvalue weighted by atomic mass is 16.5. The summed E-state index contributed by atoms with van der Waals surface area (Å²) < 4.78 is 17.7. The molecule has 0 radical (unpaired) electrons. The number of ether oxygens (including phenoxy) is 3. The van der Waals surface area contributed by atoms with Gasteiger partial charge in [0.05, 0.1) is 0 Å². The first-order chi connectivity index (χ1) is 14.4. The number of allylic oxidation sites excluding steroid dienone is 1. The average Bonchev–Trinajstić information content (AvgIpc) is 2.65. The molecule has 2 rings (SSSR count). The normalized spacial score (nSPS) is 12.0. The maximum atomic E-state index is 12.7. The first-order valence-corrected chi connectivity index (χ1v) is 10.5. The molecule has 31 heavy (non-hydrogen) atoms. The predicted molar refractivity (Wildman–Crippen MR) is 127 cm³/mol. The lowest BCUT2D eigenvalue weighted by Gasteiger charge is -2.26. The lowest BCUT2D eigenvalue weighted by atomic mass is 10.0. The van der Waals surface area contributed by atoms with Gasteiger partial charge in [0.15, 0.2) is 5.78 Å². The summed E-state index contributed by atoms with van der Waals surface area (Å²) >= 11 is 0. The molecule has 0 amide bonds. The maximum absolute atomic E-state index is 12.7. The lowest BCUT2D eigenvalue weighted by molar-refractivity contribution is 0.104. The minimum atomic E-state index is -0.387. The van der Waals surface area contributed by atoms with Crippen molar-refractivity contribution in [1.82, 2.24) is 0 Å². The zero-order chi connectivity index (χ0) is 23.2. The van der Waals surface area contributed by atoms with E-state index in [0.29, 0.717) is 23.7 Å². The van der Waals surface area contributed by atoms with Crippen LogP contribution in [-0.2, 0) is 0 Å². The van der Waals surface area contributed by atoms with Gasteiger partial charge in [-0.2, -0.15) is 0 Å². The summed E-state index contributed by atoms with van der Waals surface area (Å²) in [5.41, 5.74) is 1.69. The Hall–Kier alpha value is -3.01. The monoisotopic (exact) mass is 422 g/mol. The minimum absolute atomic E-state index is 0.0929. The van der Waals surface area contributed by atoms with Gasteiger partial charge in [-0.05, 0) is 96.5 Å². The van der Waals surface area contributed by atoms with E-state index in [4.69, 9.17) is 14.2 Å². The highest BCUT2D eigenvalue weighted by Crippen LogP contribution is 2.34. The van der Waals surface area contributed by atoms with Gasteiger partial charge >= 0.3 is 0 Å². The number of benzene rings is 2. The van der Waals surface area contributed by atoms with Gasteiger partial charge in [-0.1, -0.05) is 12.7 Å². The SMILES string of the molecule is C=CCOc1ccc(C(=O)/C=C/c2cc(C)c(OC(C)(C)C)cc2OC(C)(C)C)cc1. The quantitative estimate of drug-likeness (QED) is 0.266. The standard InChI is InChI=1S/C27H34O4/c1-9-16-29-22-13-10-20(11-14-22)23(28)15-12-21-17-19(2)24(30-26(3,4)5)18-25(21)31-27(6,7)8/h9-15,17-18H,1,16H2,2-8H3/b15-12+. The summed E-state index contributed by atoms with van der Waals surface area (Å²) in [6, 6.07) is 11.0. The fourth-order valence-electron chi connectivity index (χ4n) is 2.81. The molecule has 4 heteroatoms. The van der Waals surface area contributed by atoms with Crippen molar-refractivity contribution in [1.29, 1.82) is 0 Å². The van der Waals surface area contributed by atoms with Crippen LogP contribution in [0.25, 0.3) is 6.08 Å². The van der Waals surface area contributed by atoms with Crippen molar-refractivity contribution in [2.75, 3.05) is 6.61 Å². The van der Waals surface area contributed by atoms with Gasteiger partial charge in [-0.3, -0.25) is 4.79 Å². The Kier molecular flexibility index (Phi) is 7.72. The molecule has 2 aromatic carbocycles. The topological polar surface area (TPSA) is 44.8 Å². The second-order valence-electron chi connectivity index (χ2n) is 9.41. The molecule has 0 unspecified atom stereocenters. The van der Waals surface area contributed by atoms with Crippen LogP contribution in [-0.4, -0.2) is 23.6 Å². The van der Waals surface area contributed by atoms with Crippen molar-refractivity contribution in [3.8, 4) is 17.2 Å². The van der Waals surface area contributed by atoms with Crippen molar-refractivity contribution < 1.29 is 19.0 Å². The molecule has 2 aromatic rings. The fourth-order valence-corrected chi connectivity index (χ4v) is 2.81. The number of carbonyl (C=O) groups is 1. The molecular formula is C27H34O4. The van der Waals surface area contributed by atoms with E-state index in [-0.39, 0.29) is 17.0 Å². The summed E-state index contributed by atoms with van der Waals surface area (Å²) in [5, 5.41) is 0. The van der Waals surface area contributed by atoms with E-state index in [2.05, 4.69) is 6.58 Å². The van der Waals surface area contributed by atoms with E-state index >= 15 is 0 Å². The smallest absolute Gasteiger partial charge is 0.185 e. The van der Waals surface area contributed by atoms with E-state index in [0.717, 1.165) is 16.9 Å². The Morgan fingerprint density at radius 1 is 0.935 bits per heavy atom. The Morgan fingerprint density at radius 2 is 1.52 bits per heavy atom. The van der Waals surface area contributed by atoms with Gasteiger partial charge in [0.1, 0.15) is 35.1 Å². The zero-order valence-corrected chi connectivity index (χ0v) is 19.7. The third kappa shape index (κ3) is 7.97. The predicted octanol–water partition coefficient (Wildman–Crippen LogP) is 6.81. The molecular weight excluding hydrogens is 388 g/mol. The van der Waals surface area contributed by atoms with Gasteiger partial charge in [0, 0.05) is 17.2 Å². The average molecular weight is 423 g/mol. The van der Waals surface area contributed by atoms with Gasteiger partial charge < -0.3 is 14.2 Å².